The van der Waals surface area contributed by atoms with Crippen LogP contribution in [-0.4, -0.2) is 39.1 Å². The van der Waals surface area contributed by atoms with Crippen molar-refractivity contribution in [1.29, 1.82) is 0 Å². The van der Waals surface area contributed by atoms with Crippen LogP contribution in [0, 0.1) is 5.41 Å². The van der Waals surface area contributed by atoms with Gasteiger partial charge in [0.15, 0.2) is 0 Å². The summed E-state index contributed by atoms with van der Waals surface area (Å²) in [4.78, 5) is 14.0. The molecule has 0 radical (unpaired) electrons. The second-order valence-electron chi connectivity index (χ2n) is 7.58. The third-order valence-corrected chi connectivity index (χ3v) is 5.91. The Balaban J connectivity index is 1.62. The summed E-state index contributed by atoms with van der Waals surface area (Å²) in [5, 5.41) is 0. The van der Waals surface area contributed by atoms with Gasteiger partial charge in [0.1, 0.15) is 22.7 Å². The first kappa shape index (κ1) is 17.3. The van der Waals surface area contributed by atoms with Gasteiger partial charge in [-0.25, -0.2) is 4.79 Å². The molecule has 1 heterocycles. The van der Waals surface area contributed by atoms with E-state index in [1.54, 1.807) is 4.90 Å². The first-order chi connectivity index (χ1) is 11.3. The molecule has 2 aliphatic rings. The fourth-order valence-corrected chi connectivity index (χ4v) is 3.49. The minimum Gasteiger partial charge on any atom is -0.591 e. The highest BCUT2D eigenvalue weighted by Gasteiger charge is 2.56. The molecule has 0 N–H and O–H groups in total. The highest BCUT2D eigenvalue weighted by molar-refractivity contribution is 7.91. The summed E-state index contributed by atoms with van der Waals surface area (Å²) in [6.07, 6.45) is 1.70. The van der Waals surface area contributed by atoms with Crippen molar-refractivity contribution >= 4 is 23.2 Å². The van der Waals surface area contributed by atoms with E-state index in [2.05, 4.69) is 4.40 Å². The quantitative estimate of drug-likeness (QED) is 0.787. The lowest BCUT2D eigenvalue weighted by Crippen LogP contribution is -2.30. The van der Waals surface area contributed by atoms with E-state index in [4.69, 9.17) is 4.74 Å². The van der Waals surface area contributed by atoms with Crippen LogP contribution in [0.3, 0.4) is 0 Å². The number of likely N-dealkylation sites (tertiary alicyclic amines) is 1. The predicted octanol–water partition coefficient (Wildman–Crippen LogP) is 3.32. The molecule has 130 valence electrons. The Bertz CT molecular complexity index is 635. The summed E-state index contributed by atoms with van der Waals surface area (Å²) in [5.41, 5.74) is 1.81. The van der Waals surface area contributed by atoms with Gasteiger partial charge in [-0.05, 0) is 39.2 Å². The van der Waals surface area contributed by atoms with Crippen LogP contribution >= 0.6 is 0 Å². The average Bonchev–Trinajstić information content (AvgIpc) is 3.22. The number of carbonyl (C=O) groups is 1. The monoisotopic (exact) mass is 348 g/mol. The molecule has 1 unspecified atom stereocenters. The van der Waals surface area contributed by atoms with Crippen molar-refractivity contribution in [3.8, 4) is 0 Å². The Kier molecular flexibility index (Phi) is 4.62. The molecule has 1 aromatic rings. The van der Waals surface area contributed by atoms with E-state index in [0.29, 0.717) is 13.1 Å². The number of ether oxygens (including phenoxy) is 1. The standard InChI is InChI=1S/C18H24N2O3S/c1-17(2,3)24(22)19-15-11-20(13-18(15)9-10-18)16(21)23-12-14-7-5-4-6-8-14/h4-8H,9-13H2,1-3H3. The molecule has 24 heavy (non-hydrogen) atoms. The van der Waals surface area contributed by atoms with Gasteiger partial charge < -0.3 is 14.2 Å². The number of hydrogen-bond acceptors (Lipinski definition) is 4. The molecule has 1 aliphatic carbocycles. The molecule has 5 nitrogen and oxygen atoms in total. The van der Waals surface area contributed by atoms with Crippen LogP contribution < -0.4 is 0 Å². The predicted molar refractivity (Wildman–Crippen MR) is 95.2 cm³/mol. The summed E-state index contributed by atoms with van der Waals surface area (Å²) in [6.45, 7) is 7.05. The molecule has 3 rings (SSSR count). The number of amides is 1. The van der Waals surface area contributed by atoms with Crippen molar-refractivity contribution < 1.29 is 14.1 Å². The smallest absolute Gasteiger partial charge is 0.410 e. The first-order valence-corrected chi connectivity index (χ1v) is 9.37. The maximum atomic E-state index is 12.3. The summed E-state index contributed by atoms with van der Waals surface area (Å²) < 4.78 is 21.8. The third-order valence-electron chi connectivity index (χ3n) is 4.48. The molecular formula is C18H24N2O3S. The molecule has 1 aliphatic heterocycles. The topological polar surface area (TPSA) is 65.0 Å². The summed E-state index contributed by atoms with van der Waals surface area (Å²) in [5.74, 6) is 0. The molecule has 1 aromatic carbocycles. The number of hydrogen-bond donors (Lipinski definition) is 0. The minimum atomic E-state index is -1.29. The van der Waals surface area contributed by atoms with Crippen LogP contribution in [0.4, 0.5) is 4.79 Å². The second-order valence-corrected chi connectivity index (χ2v) is 9.48. The average molecular weight is 348 g/mol. The fraction of sp³-hybridized carbons (Fsp3) is 0.556. The SMILES string of the molecule is CC(C)(C)[S+]([O-])N=C1CN(C(=O)OCc2ccccc2)CC12CC2. The molecule has 1 saturated heterocycles. The Morgan fingerprint density at radius 1 is 1.33 bits per heavy atom. The van der Waals surface area contributed by atoms with E-state index in [1.165, 1.54) is 0 Å². The van der Waals surface area contributed by atoms with Gasteiger partial charge in [-0.2, -0.15) is 0 Å². The van der Waals surface area contributed by atoms with E-state index < -0.39 is 11.4 Å². The minimum absolute atomic E-state index is 0.0489. The molecule has 0 aromatic heterocycles. The van der Waals surface area contributed by atoms with Crippen LogP contribution in [0.2, 0.25) is 0 Å². The largest absolute Gasteiger partial charge is 0.591 e. The highest BCUT2D eigenvalue weighted by atomic mass is 32.2. The van der Waals surface area contributed by atoms with Crippen molar-refractivity contribution in [2.45, 2.75) is 45.0 Å². The summed E-state index contributed by atoms with van der Waals surface area (Å²) in [6, 6.07) is 9.63. The van der Waals surface area contributed by atoms with Crippen LogP contribution in [0.15, 0.2) is 34.7 Å². The lowest BCUT2D eigenvalue weighted by atomic mass is 10.1. The van der Waals surface area contributed by atoms with Crippen molar-refractivity contribution in [2.75, 3.05) is 13.1 Å². The second kappa shape index (κ2) is 6.41. The van der Waals surface area contributed by atoms with E-state index in [0.717, 1.165) is 24.1 Å². The Morgan fingerprint density at radius 2 is 2.00 bits per heavy atom. The molecule has 1 saturated carbocycles. The maximum Gasteiger partial charge on any atom is 0.410 e. The molecule has 1 spiro atoms. The van der Waals surface area contributed by atoms with Gasteiger partial charge in [-0.15, -0.1) is 0 Å². The van der Waals surface area contributed by atoms with Gasteiger partial charge in [0, 0.05) is 12.0 Å². The summed E-state index contributed by atoms with van der Waals surface area (Å²) >= 11 is -1.29. The first-order valence-electron chi connectivity index (χ1n) is 8.26. The van der Waals surface area contributed by atoms with E-state index in [-0.39, 0.29) is 22.9 Å². The molecule has 6 heteroatoms. The number of benzene rings is 1. The number of rotatable bonds is 3. The fourth-order valence-electron chi connectivity index (χ4n) is 2.76. The van der Waals surface area contributed by atoms with Crippen LogP contribution in [-0.2, 0) is 22.7 Å². The van der Waals surface area contributed by atoms with Gasteiger partial charge in [0.25, 0.3) is 0 Å². The molecule has 2 fully saturated rings. The highest BCUT2D eigenvalue weighted by Crippen LogP contribution is 2.51. The zero-order valence-electron chi connectivity index (χ0n) is 14.4. The molecule has 1 atom stereocenters. The third kappa shape index (κ3) is 3.75. The molecular weight excluding hydrogens is 324 g/mol. The molecule has 1 amide bonds. The Hall–Kier alpha value is -1.53. The van der Waals surface area contributed by atoms with Gasteiger partial charge >= 0.3 is 6.09 Å². The maximum absolute atomic E-state index is 12.3. The van der Waals surface area contributed by atoms with Gasteiger partial charge in [0.2, 0.25) is 0 Å². The van der Waals surface area contributed by atoms with Gasteiger partial charge in [-0.3, -0.25) is 0 Å². The number of nitrogens with zero attached hydrogens (tertiary/aromatic N) is 2. The van der Waals surface area contributed by atoms with Crippen molar-refractivity contribution in [1.82, 2.24) is 4.90 Å². The van der Waals surface area contributed by atoms with Gasteiger partial charge in [-0.1, -0.05) is 34.7 Å². The van der Waals surface area contributed by atoms with Crippen LogP contribution in [0.25, 0.3) is 0 Å². The van der Waals surface area contributed by atoms with E-state index in [1.807, 2.05) is 51.1 Å². The lowest BCUT2D eigenvalue weighted by Gasteiger charge is -2.19. The Morgan fingerprint density at radius 3 is 2.58 bits per heavy atom. The zero-order chi connectivity index (χ0) is 17.4. The van der Waals surface area contributed by atoms with Crippen molar-refractivity contribution in [3.63, 3.8) is 0 Å². The van der Waals surface area contributed by atoms with E-state index >= 15 is 0 Å². The van der Waals surface area contributed by atoms with Gasteiger partial charge in [0.05, 0.1) is 12.3 Å². The molecule has 0 bridgehead atoms. The summed E-state index contributed by atoms with van der Waals surface area (Å²) in [7, 11) is 0. The van der Waals surface area contributed by atoms with Crippen molar-refractivity contribution in [3.05, 3.63) is 35.9 Å². The Labute approximate surface area is 146 Å². The van der Waals surface area contributed by atoms with Crippen LogP contribution in [0.1, 0.15) is 39.2 Å². The van der Waals surface area contributed by atoms with E-state index in [9.17, 15) is 9.35 Å². The lowest BCUT2D eigenvalue weighted by molar-refractivity contribution is 0.103. The normalized spacial score (nSPS) is 22.0. The van der Waals surface area contributed by atoms with Crippen LogP contribution in [0.5, 0.6) is 0 Å². The zero-order valence-corrected chi connectivity index (χ0v) is 15.3. The van der Waals surface area contributed by atoms with Crippen molar-refractivity contribution in [2.24, 2.45) is 9.81 Å². The number of carbonyl (C=O) groups excluding carboxylic acids is 1.